The monoisotopic (exact) mass is 435 g/mol. The molecular formula is C18H30ClN3O5S. The molecule has 160 valence electrons. The summed E-state index contributed by atoms with van der Waals surface area (Å²) in [5.41, 5.74) is 0.165. The molecule has 0 spiro atoms. The van der Waals surface area contributed by atoms with E-state index in [4.69, 9.17) is 9.47 Å². The average Bonchev–Trinajstić information content (AvgIpc) is 2.66. The van der Waals surface area contributed by atoms with Gasteiger partial charge in [-0.3, -0.25) is 4.79 Å². The molecule has 1 aliphatic heterocycles. The molecular weight excluding hydrogens is 406 g/mol. The van der Waals surface area contributed by atoms with Gasteiger partial charge in [-0.25, -0.2) is 12.7 Å². The number of benzene rings is 1. The Kier molecular flexibility index (Phi) is 9.16. The van der Waals surface area contributed by atoms with E-state index in [0.29, 0.717) is 13.2 Å². The van der Waals surface area contributed by atoms with E-state index in [2.05, 4.69) is 10.6 Å². The Morgan fingerprint density at radius 1 is 1.25 bits per heavy atom. The van der Waals surface area contributed by atoms with Crippen molar-refractivity contribution < 1.29 is 22.7 Å². The molecule has 1 fully saturated rings. The van der Waals surface area contributed by atoms with E-state index in [1.165, 1.54) is 33.3 Å². The Bertz CT molecular complexity index is 759. The molecule has 0 aromatic heterocycles. The number of sulfonamides is 1. The Labute approximate surface area is 173 Å². The van der Waals surface area contributed by atoms with Crippen molar-refractivity contribution in [3.63, 3.8) is 0 Å². The molecule has 0 radical (unpaired) electrons. The van der Waals surface area contributed by atoms with Crippen molar-refractivity contribution >= 4 is 28.3 Å². The largest absolute Gasteiger partial charge is 0.495 e. The highest BCUT2D eigenvalue weighted by Crippen LogP contribution is 2.29. The number of halogens is 1. The molecule has 1 aliphatic rings. The van der Waals surface area contributed by atoms with Gasteiger partial charge in [0.2, 0.25) is 10.0 Å². The van der Waals surface area contributed by atoms with Crippen LogP contribution in [0.2, 0.25) is 0 Å². The number of amides is 1. The molecule has 28 heavy (non-hydrogen) atoms. The van der Waals surface area contributed by atoms with E-state index in [1.54, 1.807) is 13.2 Å². The fourth-order valence-corrected chi connectivity index (χ4v) is 4.30. The maximum atomic E-state index is 12.7. The van der Waals surface area contributed by atoms with Crippen molar-refractivity contribution in [3.05, 3.63) is 23.8 Å². The normalized spacial score (nSPS) is 16.3. The van der Waals surface area contributed by atoms with Gasteiger partial charge in [0.05, 0.1) is 13.7 Å². The Balaban J connectivity index is 0.00000392. The first-order valence-electron chi connectivity index (χ1n) is 8.84. The fourth-order valence-electron chi connectivity index (χ4n) is 3.22. The van der Waals surface area contributed by atoms with Crippen molar-refractivity contribution in [2.24, 2.45) is 5.41 Å². The van der Waals surface area contributed by atoms with Gasteiger partial charge in [0.1, 0.15) is 10.6 Å². The highest BCUT2D eigenvalue weighted by Gasteiger charge is 2.33. The van der Waals surface area contributed by atoms with Gasteiger partial charge in [-0.2, -0.15) is 0 Å². The summed E-state index contributed by atoms with van der Waals surface area (Å²) in [6.45, 7) is 2.81. The van der Waals surface area contributed by atoms with Crippen molar-refractivity contribution in [3.8, 4) is 5.75 Å². The molecule has 0 aliphatic carbocycles. The second-order valence-electron chi connectivity index (χ2n) is 7.02. The van der Waals surface area contributed by atoms with Crippen LogP contribution in [-0.2, 0) is 14.8 Å². The van der Waals surface area contributed by atoms with Crippen LogP contribution in [0.1, 0.15) is 23.2 Å². The van der Waals surface area contributed by atoms with Gasteiger partial charge in [-0.1, -0.05) is 0 Å². The first kappa shape index (κ1) is 24.6. The standard InChI is InChI=1S/C18H29N3O5S.ClH/c1-21(2)27(23,24)16-11-14(5-6-15(16)26-4)17(22)20-12-18(13-25-3)7-9-19-10-8-18;/h5-6,11,19H,7-10,12-13H2,1-4H3,(H,20,22);1H. The lowest BCUT2D eigenvalue weighted by Gasteiger charge is -2.37. The van der Waals surface area contributed by atoms with E-state index in [1.807, 2.05) is 0 Å². The lowest BCUT2D eigenvalue weighted by Crippen LogP contribution is -2.47. The lowest BCUT2D eigenvalue weighted by molar-refractivity contribution is 0.0511. The third kappa shape index (κ3) is 5.57. The maximum absolute atomic E-state index is 12.7. The molecule has 1 saturated heterocycles. The summed E-state index contributed by atoms with van der Waals surface area (Å²) in [6.07, 6.45) is 1.81. The molecule has 0 saturated carbocycles. The Hall–Kier alpha value is -1.39. The van der Waals surface area contributed by atoms with Gasteiger partial charge < -0.3 is 20.1 Å². The van der Waals surface area contributed by atoms with Gasteiger partial charge in [-0.15, -0.1) is 12.4 Å². The lowest BCUT2D eigenvalue weighted by atomic mass is 9.79. The van der Waals surface area contributed by atoms with Crippen molar-refractivity contribution in [1.82, 2.24) is 14.9 Å². The molecule has 0 bridgehead atoms. The van der Waals surface area contributed by atoms with Crippen LogP contribution in [-0.4, -0.2) is 73.2 Å². The highest BCUT2D eigenvalue weighted by molar-refractivity contribution is 7.89. The first-order valence-corrected chi connectivity index (χ1v) is 10.3. The summed E-state index contributed by atoms with van der Waals surface area (Å²) in [5.74, 6) is -0.115. The average molecular weight is 436 g/mol. The van der Waals surface area contributed by atoms with E-state index in [-0.39, 0.29) is 39.9 Å². The van der Waals surface area contributed by atoms with Crippen LogP contribution in [0.4, 0.5) is 0 Å². The molecule has 1 heterocycles. The van der Waals surface area contributed by atoms with E-state index < -0.39 is 10.0 Å². The summed E-state index contributed by atoms with van der Waals surface area (Å²) in [5, 5.41) is 6.25. The number of nitrogens with one attached hydrogen (secondary N) is 2. The second-order valence-corrected chi connectivity index (χ2v) is 9.14. The molecule has 0 atom stereocenters. The smallest absolute Gasteiger partial charge is 0.251 e. The summed E-state index contributed by atoms with van der Waals surface area (Å²) in [6, 6.07) is 4.42. The molecule has 1 amide bonds. The van der Waals surface area contributed by atoms with Gasteiger partial charge in [-0.05, 0) is 44.1 Å². The number of carbonyl (C=O) groups is 1. The van der Waals surface area contributed by atoms with Gasteiger partial charge >= 0.3 is 0 Å². The topological polar surface area (TPSA) is 97.0 Å². The van der Waals surface area contributed by atoms with Crippen molar-refractivity contribution in [1.29, 1.82) is 0 Å². The minimum Gasteiger partial charge on any atom is -0.495 e. The highest BCUT2D eigenvalue weighted by atomic mass is 35.5. The summed E-state index contributed by atoms with van der Waals surface area (Å²) >= 11 is 0. The number of methoxy groups -OCH3 is 2. The van der Waals surface area contributed by atoms with Crippen LogP contribution in [0.5, 0.6) is 5.75 Å². The number of rotatable bonds is 8. The van der Waals surface area contributed by atoms with Gasteiger partial charge in [0.15, 0.2) is 0 Å². The molecule has 0 unspecified atom stereocenters. The molecule has 2 N–H and O–H groups in total. The third-order valence-corrected chi connectivity index (χ3v) is 6.76. The van der Waals surface area contributed by atoms with Crippen LogP contribution < -0.4 is 15.4 Å². The minimum atomic E-state index is -3.73. The zero-order valence-corrected chi connectivity index (χ0v) is 18.4. The number of carbonyl (C=O) groups excluding carboxylic acids is 1. The van der Waals surface area contributed by atoms with Crippen LogP contribution in [0.15, 0.2) is 23.1 Å². The van der Waals surface area contributed by atoms with E-state index in [0.717, 1.165) is 30.2 Å². The fraction of sp³-hybridized carbons (Fsp3) is 0.611. The quantitative estimate of drug-likeness (QED) is 0.635. The van der Waals surface area contributed by atoms with Crippen molar-refractivity contribution in [2.75, 3.05) is 54.6 Å². The number of ether oxygens (including phenoxy) is 2. The Morgan fingerprint density at radius 3 is 2.43 bits per heavy atom. The predicted octanol–water partition coefficient (Wildman–Crippen LogP) is 1.11. The molecule has 10 heteroatoms. The number of hydrogen-bond acceptors (Lipinski definition) is 6. The summed E-state index contributed by atoms with van der Waals surface area (Å²) in [4.78, 5) is 12.6. The predicted molar refractivity (Wildman–Crippen MR) is 110 cm³/mol. The SMILES string of the molecule is COCC1(CNC(=O)c2ccc(OC)c(S(=O)(=O)N(C)C)c2)CCNCC1.Cl. The third-order valence-electron chi connectivity index (χ3n) is 4.92. The Morgan fingerprint density at radius 2 is 1.89 bits per heavy atom. The van der Waals surface area contributed by atoms with Crippen molar-refractivity contribution in [2.45, 2.75) is 17.7 Å². The first-order chi connectivity index (χ1) is 12.8. The van der Waals surface area contributed by atoms with Gasteiger partial charge in [0.25, 0.3) is 5.91 Å². The van der Waals surface area contributed by atoms with Crippen LogP contribution in [0.3, 0.4) is 0 Å². The number of piperidine rings is 1. The molecule has 8 nitrogen and oxygen atoms in total. The zero-order valence-electron chi connectivity index (χ0n) is 16.8. The van der Waals surface area contributed by atoms with Crippen LogP contribution >= 0.6 is 12.4 Å². The van der Waals surface area contributed by atoms with Gasteiger partial charge in [0, 0.05) is 38.7 Å². The summed E-state index contributed by atoms with van der Waals surface area (Å²) in [7, 11) is 2.20. The van der Waals surface area contributed by atoms with Crippen LogP contribution in [0, 0.1) is 5.41 Å². The molecule has 1 aromatic rings. The van der Waals surface area contributed by atoms with E-state index in [9.17, 15) is 13.2 Å². The van der Waals surface area contributed by atoms with E-state index >= 15 is 0 Å². The minimum absolute atomic E-state index is 0. The second kappa shape index (κ2) is 10.4. The zero-order chi connectivity index (χ0) is 20.1. The summed E-state index contributed by atoms with van der Waals surface area (Å²) < 4.78 is 36.7. The molecule has 2 rings (SSSR count). The van der Waals surface area contributed by atoms with Crippen LogP contribution in [0.25, 0.3) is 0 Å². The maximum Gasteiger partial charge on any atom is 0.251 e. The number of nitrogens with zero attached hydrogens (tertiary/aromatic N) is 1. The number of hydrogen-bond donors (Lipinski definition) is 2. The molecule has 1 aromatic carbocycles.